The topological polar surface area (TPSA) is 105 Å². The number of carbonyl (C=O) groups excluding carboxylic acids is 1. The van der Waals surface area contributed by atoms with Crippen LogP contribution in [0.5, 0.6) is 5.75 Å². The Bertz CT molecular complexity index is 806. The number of carboxylic acids is 1. The number of hydrogen-bond acceptors (Lipinski definition) is 5. The average molecular weight is 385 g/mol. The Morgan fingerprint density at radius 1 is 1.14 bits per heavy atom. The summed E-state index contributed by atoms with van der Waals surface area (Å²) in [5.41, 5.74) is 1.22. The third-order valence-corrected chi connectivity index (χ3v) is 3.82. The third-order valence-electron chi connectivity index (χ3n) is 3.82. The SMILES string of the molecule is C[C@@H](/C=C/C(=O)O)[C@H](OC(=O)Nc1ccccc1)c1cccc(OCCO)c1. The zero-order valence-corrected chi connectivity index (χ0v) is 15.4. The molecule has 2 aromatic rings. The number of benzene rings is 2. The number of para-hydroxylation sites is 1. The molecule has 1 amide bonds. The van der Waals surface area contributed by atoms with Gasteiger partial charge >= 0.3 is 12.1 Å². The van der Waals surface area contributed by atoms with Crippen molar-refractivity contribution in [1.29, 1.82) is 0 Å². The molecule has 2 atom stereocenters. The summed E-state index contributed by atoms with van der Waals surface area (Å²) in [6.07, 6.45) is 1.08. The number of aliphatic hydroxyl groups excluding tert-OH is 1. The van der Waals surface area contributed by atoms with E-state index >= 15 is 0 Å². The first-order valence-corrected chi connectivity index (χ1v) is 8.77. The van der Waals surface area contributed by atoms with Crippen molar-refractivity contribution in [3.05, 3.63) is 72.3 Å². The predicted molar refractivity (Wildman–Crippen MR) is 104 cm³/mol. The Hall–Kier alpha value is -3.32. The maximum absolute atomic E-state index is 12.4. The van der Waals surface area contributed by atoms with Crippen molar-refractivity contribution in [3.63, 3.8) is 0 Å². The van der Waals surface area contributed by atoms with Crippen LogP contribution in [-0.4, -0.2) is 35.5 Å². The highest BCUT2D eigenvalue weighted by Crippen LogP contribution is 2.30. The smallest absolute Gasteiger partial charge is 0.412 e. The van der Waals surface area contributed by atoms with Gasteiger partial charge in [-0.3, -0.25) is 5.32 Å². The number of nitrogens with one attached hydrogen (secondary N) is 1. The molecule has 0 aromatic heterocycles. The molecule has 7 nitrogen and oxygen atoms in total. The maximum Gasteiger partial charge on any atom is 0.412 e. The summed E-state index contributed by atoms with van der Waals surface area (Å²) in [4.78, 5) is 23.2. The highest BCUT2D eigenvalue weighted by Gasteiger charge is 2.23. The number of amides is 1. The van der Waals surface area contributed by atoms with Crippen molar-refractivity contribution in [2.45, 2.75) is 13.0 Å². The largest absolute Gasteiger partial charge is 0.491 e. The molecular formula is C21H23NO6. The monoisotopic (exact) mass is 385 g/mol. The molecule has 3 N–H and O–H groups in total. The van der Waals surface area contributed by atoms with E-state index in [0.29, 0.717) is 17.0 Å². The van der Waals surface area contributed by atoms with Gasteiger partial charge in [-0.25, -0.2) is 9.59 Å². The lowest BCUT2D eigenvalue weighted by Gasteiger charge is -2.23. The summed E-state index contributed by atoms with van der Waals surface area (Å²) in [5, 5.41) is 20.4. The van der Waals surface area contributed by atoms with Crippen LogP contribution in [0, 0.1) is 5.92 Å². The minimum Gasteiger partial charge on any atom is -0.491 e. The van der Waals surface area contributed by atoms with Gasteiger partial charge in [0.1, 0.15) is 18.5 Å². The van der Waals surface area contributed by atoms with Crippen LogP contribution in [0.4, 0.5) is 10.5 Å². The van der Waals surface area contributed by atoms with Gasteiger partial charge < -0.3 is 19.7 Å². The van der Waals surface area contributed by atoms with E-state index in [4.69, 9.17) is 19.7 Å². The molecule has 0 aliphatic rings. The molecule has 0 spiro atoms. The van der Waals surface area contributed by atoms with E-state index in [2.05, 4.69) is 5.32 Å². The molecule has 0 bridgehead atoms. The summed E-state index contributed by atoms with van der Waals surface area (Å²) in [6.45, 7) is 1.76. The Labute approximate surface area is 163 Å². The summed E-state index contributed by atoms with van der Waals surface area (Å²) in [7, 11) is 0. The zero-order valence-electron chi connectivity index (χ0n) is 15.4. The number of ether oxygens (including phenoxy) is 2. The number of rotatable bonds is 9. The molecule has 0 saturated heterocycles. The Kier molecular flexibility index (Phi) is 8.05. The standard InChI is InChI=1S/C21H23NO6/c1-15(10-11-19(24)25)20(16-6-5-9-18(14-16)27-13-12-23)28-21(26)22-17-7-3-2-4-8-17/h2-11,14-15,20,23H,12-13H2,1H3,(H,22,26)(H,24,25)/b11-10+/t15-,20-/m0/s1. The lowest BCUT2D eigenvalue weighted by molar-refractivity contribution is -0.131. The van der Waals surface area contributed by atoms with E-state index in [1.165, 1.54) is 6.08 Å². The third kappa shape index (κ3) is 6.77. The fourth-order valence-electron chi connectivity index (χ4n) is 2.54. The normalized spacial score (nSPS) is 12.9. The maximum atomic E-state index is 12.4. The van der Waals surface area contributed by atoms with Crippen LogP contribution in [0.25, 0.3) is 0 Å². The van der Waals surface area contributed by atoms with E-state index in [1.807, 2.05) is 6.07 Å². The highest BCUT2D eigenvalue weighted by atomic mass is 16.6. The van der Waals surface area contributed by atoms with Gasteiger partial charge in [-0.2, -0.15) is 0 Å². The van der Waals surface area contributed by atoms with Crippen LogP contribution >= 0.6 is 0 Å². The number of hydrogen-bond donors (Lipinski definition) is 3. The number of anilines is 1. The number of aliphatic carboxylic acids is 1. The van der Waals surface area contributed by atoms with E-state index in [0.717, 1.165) is 6.08 Å². The summed E-state index contributed by atoms with van der Waals surface area (Å²) in [5.74, 6) is -0.983. The van der Waals surface area contributed by atoms with Crippen LogP contribution < -0.4 is 10.1 Å². The number of carbonyl (C=O) groups is 2. The Morgan fingerprint density at radius 2 is 1.89 bits per heavy atom. The molecule has 0 unspecified atom stereocenters. The molecule has 2 aromatic carbocycles. The molecular weight excluding hydrogens is 362 g/mol. The summed E-state index contributed by atoms with van der Waals surface area (Å²) >= 11 is 0. The molecule has 148 valence electrons. The Morgan fingerprint density at radius 3 is 2.57 bits per heavy atom. The summed E-state index contributed by atoms with van der Waals surface area (Å²) in [6, 6.07) is 15.8. The van der Waals surface area contributed by atoms with Gasteiger partial charge in [0.15, 0.2) is 0 Å². The van der Waals surface area contributed by atoms with E-state index in [9.17, 15) is 9.59 Å². The van der Waals surface area contributed by atoms with Gasteiger partial charge in [0, 0.05) is 17.7 Å². The van der Waals surface area contributed by atoms with E-state index in [-0.39, 0.29) is 13.2 Å². The molecule has 28 heavy (non-hydrogen) atoms. The molecule has 0 aliphatic heterocycles. The first kappa shape index (κ1) is 21.0. The quantitative estimate of drug-likeness (QED) is 0.570. The molecule has 7 heteroatoms. The van der Waals surface area contributed by atoms with Crippen molar-refractivity contribution in [1.82, 2.24) is 0 Å². The van der Waals surface area contributed by atoms with Gasteiger partial charge in [0.05, 0.1) is 6.61 Å². The van der Waals surface area contributed by atoms with Crippen LogP contribution in [0.15, 0.2) is 66.7 Å². The van der Waals surface area contributed by atoms with Crippen molar-refractivity contribution >= 4 is 17.7 Å². The molecule has 0 saturated carbocycles. The number of aliphatic hydroxyl groups is 1. The van der Waals surface area contributed by atoms with Crippen molar-refractivity contribution in [2.75, 3.05) is 18.5 Å². The van der Waals surface area contributed by atoms with Gasteiger partial charge in [0.2, 0.25) is 0 Å². The lowest BCUT2D eigenvalue weighted by atomic mass is 9.96. The van der Waals surface area contributed by atoms with Crippen molar-refractivity contribution in [3.8, 4) is 5.75 Å². The van der Waals surface area contributed by atoms with Gasteiger partial charge in [-0.05, 0) is 29.8 Å². The first-order chi connectivity index (χ1) is 13.5. The second-order valence-electron chi connectivity index (χ2n) is 6.02. The van der Waals surface area contributed by atoms with Gasteiger partial charge in [0.25, 0.3) is 0 Å². The summed E-state index contributed by atoms with van der Waals surface area (Å²) < 4.78 is 11.0. The van der Waals surface area contributed by atoms with Crippen molar-refractivity contribution < 1.29 is 29.3 Å². The highest BCUT2D eigenvalue weighted by molar-refractivity contribution is 5.84. The van der Waals surface area contributed by atoms with Crippen LogP contribution in [0.1, 0.15) is 18.6 Å². The second kappa shape index (κ2) is 10.7. The molecule has 2 rings (SSSR count). The van der Waals surface area contributed by atoms with Crippen LogP contribution in [-0.2, 0) is 9.53 Å². The van der Waals surface area contributed by atoms with Crippen LogP contribution in [0.3, 0.4) is 0 Å². The van der Waals surface area contributed by atoms with Gasteiger partial charge in [-0.15, -0.1) is 0 Å². The fourth-order valence-corrected chi connectivity index (χ4v) is 2.54. The predicted octanol–water partition coefficient (Wildman–Crippen LogP) is 3.62. The second-order valence-corrected chi connectivity index (χ2v) is 6.02. The zero-order chi connectivity index (χ0) is 20.4. The lowest BCUT2D eigenvalue weighted by Crippen LogP contribution is -2.21. The fraction of sp³-hybridized carbons (Fsp3) is 0.238. The Balaban J connectivity index is 2.21. The van der Waals surface area contributed by atoms with E-state index < -0.39 is 24.1 Å². The van der Waals surface area contributed by atoms with Gasteiger partial charge in [-0.1, -0.05) is 43.3 Å². The molecule has 0 fully saturated rings. The van der Waals surface area contributed by atoms with E-state index in [1.54, 1.807) is 55.5 Å². The van der Waals surface area contributed by atoms with Crippen molar-refractivity contribution in [2.24, 2.45) is 5.92 Å². The minimum absolute atomic E-state index is 0.124. The minimum atomic E-state index is -1.08. The van der Waals surface area contributed by atoms with Crippen LogP contribution in [0.2, 0.25) is 0 Å². The molecule has 0 heterocycles. The molecule has 0 aliphatic carbocycles. The first-order valence-electron chi connectivity index (χ1n) is 8.77. The average Bonchev–Trinajstić information content (AvgIpc) is 2.69. The number of carboxylic acid groups (broad SMARTS) is 1. The molecule has 0 radical (unpaired) electrons.